The maximum absolute atomic E-state index is 12.1. The van der Waals surface area contributed by atoms with Crippen molar-refractivity contribution in [3.05, 3.63) is 64.7 Å². The van der Waals surface area contributed by atoms with Crippen molar-refractivity contribution >= 4 is 17.4 Å². The van der Waals surface area contributed by atoms with E-state index in [9.17, 15) is 9.90 Å². The van der Waals surface area contributed by atoms with Crippen LogP contribution in [-0.4, -0.2) is 17.0 Å². The number of fused-ring (bicyclic) bond motifs is 1. The molecule has 1 heterocycles. The summed E-state index contributed by atoms with van der Waals surface area (Å²) in [5, 5.41) is 10.7. The molecular weight excluding hydrogens is 264 g/mol. The zero-order valence-electron chi connectivity index (χ0n) is 9.92. The second kappa shape index (κ2) is 4.68. The summed E-state index contributed by atoms with van der Waals surface area (Å²) in [6.45, 7) is 0. The Kier molecular flexibility index (Phi) is 3.01. The number of carbonyl (C=O) groups excluding carboxylic acids is 1. The van der Waals surface area contributed by atoms with E-state index in [1.807, 2.05) is 0 Å². The third-order valence-corrected chi connectivity index (χ3v) is 3.41. The van der Waals surface area contributed by atoms with Crippen molar-refractivity contribution in [1.82, 2.24) is 0 Å². The first-order valence-corrected chi connectivity index (χ1v) is 6.28. The van der Waals surface area contributed by atoms with Crippen molar-refractivity contribution in [3.63, 3.8) is 0 Å². The first kappa shape index (κ1) is 12.2. The number of ketones is 1. The van der Waals surface area contributed by atoms with E-state index in [1.165, 1.54) is 0 Å². The van der Waals surface area contributed by atoms with Gasteiger partial charge in [-0.05, 0) is 29.8 Å². The molecular formula is C15H11ClO3. The molecule has 3 rings (SSSR count). The van der Waals surface area contributed by atoms with Crippen LogP contribution in [0.2, 0.25) is 5.02 Å². The lowest BCUT2D eigenvalue weighted by Gasteiger charge is -2.29. The molecule has 0 amide bonds. The number of hydrogen-bond donors (Lipinski definition) is 1. The number of ether oxygens (including phenoxy) is 1. The summed E-state index contributed by atoms with van der Waals surface area (Å²) in [5.74, 6) is 0.180. The van der Waals surface area contributed by atoms with Gasteiger partial charge in [0, 0.05) is 5.02 Å². The van der Waals surface area contributed by atoms with Crippen LogP contribution in [0.5, 0.6) is 5.75 Å². The van der Waals surface area contributed by atoms with Gasteiger partial charge in [0.1, 0.15) is 5.75 Å². The first-order chi connectivity index (χ1) is 9.16. The van der Waals surface area contributed by atoms with Gasteiger partial charge < -0.3 is 9.84 Å². The number of aliphatic hydroxyl groups excluding tert-OH is 1. The van der Waals surface area contributed by atoms with E-state index in [-0.39, 0.29) is 5.78 Å². The monoisotopic (exact) mass is 274 g/mol. The number of para-hydroxylation sites is 1. The molecule has 1 N–H and O–H groups in total. The molecule has 0 aromatic heterocycles. The van der Waals surface area contributed by atoms with Crippen LogP contribution in [0, 0.1) is 0 Å². The van der Waals surface area contributed by atoms with Gasteiger partial charge in [0.25, 0.3) is 0 Å². The minimum absolute atomic E-state index is 0.318. The maximum atomic E-state index is 12.1. The molecule has 0 radical (unpaired) electrons. The predicted molar refractivity (Wildman–Crippen MR) is 71.6 cm³/mol. The van der Waals surface area contributed by atoms with E-state index in [0.717, 1.165) is 5.56 Å². The molecule has 0 unspecified atom stereocenters. The highest BCUT2D eigenvalue weighted by Gasteiger charge is 2.36. The van der Waals surface area contributed by atoms with Crippen molar-refractivity contribution in [1.29, 1.82) is 0 Å². The molecule has 0 saturated heterocycles. The second-order valence-corrected chi connectivity index (χ2v) is 4.83. The zero-order chi connectivity index (χ0) is 13.4. The molecule has 3 nitrogen and oxygen atoms in total. The number of halogens is 1. The van der Waals surface area contributed by atoms with Crippen LogP contribution in [-0.2, 0) is 0 Å². The lowest BCUT2D eigenvalue weighted by Crippen LogP contribution is -2.36. The number of carbonyl (C=O) groups is 1. The zero-order valence-corrected chi connectivity index (χ0v) is 10.7. The van der Waals surface area contributed by atoms with Crippen LogP contribution in [0.4, 0.5) is 0 Å². The summed E-state index contributed by atoms with van der Waals surface area (Å²) < 4.78 is 5.73. The highest BCUT2D eigenvalue weighted by molar-refractivity contribution is 6.30. The summed E-state index contributed by atoms with van der Waals surface area (Å²) in [7, 11) is 0. The van der Waals surface area contributed by atoms with Crippen molar-refractivity contribution in [3.8, 4) is 5.75 Å². The summed E-state index contributed by atoms with van der Waals surface area (Å²) in [5.41, 5.74) is 1.14. The van der Waals surface area contributed by atoms with Crippen LogP contribution in [0.25, 0.3) is 0 Å². The van der Waals surface area contributed by atoms with Gasteiger partial charge in [0.15, 0.2) is 18.0 Å². The van der Waals surface area contributed by atoms with Crippen LogP contribution >= 0.6 is 11.6 Å². The Morgan fingerprint density at radius 3 is 2.47 bits per heavy atom. The van der Waals surface area contributed by atoms with E-state index in [1.54, 1.807) is 48.5 Å². The summed E-state index contributed by atoms with van der Waals surface area (Å²) in [6, 6.07) is 13.8. The summed E-state index contributed by atoms with van der Waals surface area (Å²) >= 11 is 5.83. The minimum atomic E-state index is -1.20. The average molecular weight is 275 g/mol. The van der Waals surface area contributed by atoms with Gasteiger partial charge in [0.05, 0.1) is 5.56 Å². The Hall–Kier alpha value is -1.84. The number of benzene rings is 2. The fourth-order valence-electron chi connectivity index (χ4n) is 2.17. The third kappa shape index (κ3) is 2.11. The van der Waals surface area contributed by atoms with Gasteiger partial charge >= 0.3 is 0 Å². The Labute approximate surface area is 115 Å². The van der Waals surface area contributed by atoms with Gasteiger partial charge in [0.2, 0.25) is 0 Å². The predicted octanol–water partition coefficient (Wildman–Crippen LogP) is 3.02. The molecule has 0 bridgehead atoms. The van der Waals surface area contributed by atoms with E-state index in [0.29, 0.717) is 16.3 Å². The lowest BCUT2D eigenvalue weighted by atomic mass is 9.94. The molecule has 0 saturated carbocycles. The molecule has 2 atom stereocenters. The van der Waals surface area contributed by atoms with Crippen molar-refractivity contribution in [2.24, 2.45) is 0 Å². The summed E-state index contributed by atoms with van der Waals surface area (Å²) in [6.07, 6.45) is -1.89. The molecule has 2 aromatic carbocycles. The molecule has 19 heavy (non-hydrogen) atoms. The maximum Gasteiger partial charge on any atom is 0.199 e. The molecule has 0 aliphatic carbocycles. The Balaban J connectivity index is 2.01. The van der Waals surface area contributed by atoms with Crippen molar-refractivity contribution < 1.29 is 14.6 Å². The van der Waals surface area contributed by atoms with Gasteiger partial charge in [-0.3, -0.25) is 4.79 Å². The third-order valence-electron chi connectivity index (χ3n) is 3.16. The standard InChI is InChI=1S/C15H11ClO3/c16-10-7-5-9(6-8-10)15-14(18)13(17)11-3-1-2-4-12(11)19-15/h1-8,14-15,18H/t14-,15+/m0/s1. The van der Waals surface area contributed by atoms with E-state index in [4.69, 9.17) is 16.3 Å². The average Bonchev–Trinajstić information content (AvgIpc) is 2.44. The van der Waals surface area contributed by atoms with Gasteiger partial charge in [-0.1, -0.05) is 35.9 Å². The fraction of sp³-hybridized carbons (Fsp3) is 0.133. The fourth-order valence-corrected chi connectivity index (χ4v) is 2.30. The quantitative estimate of drug-likeness (QED) is 0.869. The molecule has 4 heteroatoms. The Morgan fingerprint density at radius 1 is 1.05 bits per heavy atom. The Bertz CT molecular complexity index is 622. The largest absolute Gasteiger partial charge is 0.482 e. The molecule has 2 aromatic rings. The normalized spacial score (nSPS) is 21.7. The SMILES string of the molecule is O=C1c2ccccc2O[C@H](c2ccc(Cl)cc2)[C@H]1O. The number of rotatable bonds is 1. The number of Topliss-reactive ketones (excluding diaryl/α,β-unsaturated/α-hetero) is 1. The topological polar surface area (TPSA) is 46.5 Å². The van der Waals surface area contributed by atoms with Crippen LogP contribution in [0.15, 0.2) is 48.5 Å². The summed E-state index contributed by atoms with van der Waals surface area (Å²) in [4.78, 5) is 12.1. The van der Waals surface area contributed by atoms with Crippen LogP contribution in [0.3, 0.4) is 0 Å². The number of aliphatic hydroxyl groups is 1. The van der Waals surface area contributed by atoms with Gasteiger partial charge in [-0.25, -0.2) is 0 Å². The van der Waals surface area contributed by atoms with Gasteiger partial charge in [-0.15, -0.1) is 0 Å². The number of hydrogen-bond acceptors (Lipinski definition) is 3. The highest BCUT2D eigenvalue weighted by atomic mass is 35.5. The second-order valence-electron chi connectivity index (χ2n) is 4.40. The Morgan fingerprint density at radius 2 is 1.74 bits per heavy atom. The molecule has 0 spiro atoms. The highest BCUT2D eigenvalue weighted by Crippen LogP contribution is 2.35. The molecule has 1 aliphatic heterocycles. The lowest BCUT2D eigenvalue weighted by molar-refractivity contribution is 0.0216. The van der Waals surface area contributed by atoms with Crippen LogP contribution < -0.4 is 4.74 Å². The minimum Gasteiger partial charge on any atom is -0.482 e. The van der Waals surface area contributed by atoms with Crippen LogP contribution in [0.1, 0.15) is 22.0 Å². The molecule has 0 fully saturated rings. The first-order valence-electron chi connectivity index (χ1n) is 5.90. The van der Waals surface area contributed by atoms with Gasteiger partial charge in [-0.2, -0.15) is 0 Å². The van der Waals surface area contributed by atoms with E-state index < -0.39 is 12.2 Å². The smallest absolute Gasteiger partial charge is 0.199 e. The van der Waals surface area contributed by atoms with E-state index in [2.05, 4.69) is 0 Å². The molecule has 1 aliphatic rings. The van der Waals surface area contributed by atoms with E-state index >= 15 is 0 Å². The molecule has 96 valence electrons. The van der Waals surface area contributed by atoms with Crippen molar-refractivity contribution in [2.45, 2.75) is 12.2 Å². The van der Waals surface area contributed by atoms with Crippen molar-refractivity contribution in [2.75, 3.05) is 0 Å².